The molecule has 1 amide bonds. The van der Waals surface area contributed by atoms with Crippen LogP contribution in [0.25, 0.3) is 0 Å². The van der Waals surface area contributed by atoms with Gasteiger partial charge in [-0.3, -0.25) is 4.79 Å². The minimum atomic E-state index is -1.09. The Hall–Kier alpha value is -1.82. The monoisotopic (exact) mass is 225 g/mol. The highest BCUT2D eigenvalue weighted by atomic mass is 16.4. The number of hydrogen-bond acceptors (Lipinski definition) is 3. The number of aromatic amines is 1. The summed E-state index contributed by atoms with van der Waals surface area (Å²) in [6, 6.07) is 1.59. The number of rotatable bonds is 4. The lowest BCUT2D eigenvalue weighted by Gasteiger charge is -2.09. The van der Waals surface area contributed by atoms with Crippen LogP contribution in [0.2, 0.25) is 0 Å². The van der Waals surface area contributed by atoms with E-state index in [1.807, 2.05) is 0 Å². The smallest absolute Gasteiger partial charge is 0.354 e. The molecule has 0 saturated heterocycles. The Morgan fingerprint density at radius 1 is 1.50 bits per heavy atom. The maximum atomic E-state index is 11.4. The van der Waals surface area contributed by atoms with Gasteiger partial charge in [0.1, 0.15) is 5.69 Å². The van der Waals surface area contributed by atoms with Crippen LogP contribution >= 0.6 is 0 Å². The lowest BCUT2D eigenvalue weighted by molar-refractivity contribution is -0.116. The van der Waals surface area contributed by atoms with E-state index in [1.54, 1.807) is 32.0 Å². The molecule has 6 nitrogen and oxygen atoms in total. The Kier molecular flexibility index (Phi) is 3.68. The quantitative estimate of drug-likeness (QED) is 0.697. The molecule has 3 N–H and O–H groups in total. The lowest BCUT2D eigenvalue weighted by Crippen LogP contribution is -2.27. The molecule has 0 atom stereocenters. The number of H-pyrrole nitrogens is 1. The highest BCUT2D eigenvalue weighted by molar-refractivity contribution is 6.00. The number of aryl methyl sites for hydroxylation is 1. The maximum absolute atomic E-state index is 11.4. The second-order valence-corrected chi connectivity index (χ2v) is 3.83. The first-order valence-corrected chi connectivity index (χ1v) is 4.77. The molecule has 1 heterocycles. The van der Waals surface area contributed by atoms with Gasteiger partial charge in [-0.1, -0.05) is 0 Å². The predicted octanol–water partition coefficient (Wildman–Crippen LogP) is 0.521. The minimum absolute atomic E-state index is 0.00426. The first kappa shape index (κ1) is 12.3. The lowest BCUT2D eigenvalue weighted by atomic mass is 10.3. The fourth-order valence-corrected chi connectivity index (χ4v) is 1.33. The van der Waals surface area contributed by atoms with Gasteiger partial charge in [0.2, 0.25) is 5.91 Å². The van der Waals surface area contributed by atoms with E-state index in [-0.39, 0.29) is 18.1 Å². The predicted molar refractivity (Wildman–Crippen MR) is 59.7 cm³/mol. The van der Waals surface area contributed by atoms with Crippen LogP contribution in [-0.2, 0) is 4.79 Å². The molecule has 0 radical (unpaired) electrons. The van der Waals surface area contributed by atoms with E-state index in [4.69, 9.17) is 5.11 Å². The number of nitrogens with zero attached hydrogens (tertiary/aromatic N) is 1. The summed E-state index contributed by atoms with van der Waals surface area (Å²) in [6.07, 6.45) is 0. The number of anilines is 1. The molecule has 0 aliphatic heterocycles. The molecule has 0 unspecified atom stereocenters. The average Bonchev–Trinajstić information content (AvgIpc) is 2.44. The van der Waals surface area contributed by atoms with Crippen LogP contribution < -0.4 is 5.32 Å². The van der Waals surface area contributed by atoms with Crippen molar-refractivity contribution in [3.63, 3.8) is 0 Å². The van der Waals surface area contributed by atoms with Gasteiger partial charge in [0.15, 0.2) is 0 Å². The minimum Gasteiger partial charge on any atom is -0.477 e. The molecular weight excluding hydrogens is 210 g/mol. The van der Waals surface area contributed by atoms with Crippen LogP contribution in [0, 0.1) is 6.92 Å². The number of amides is 1. The third-order valence-electron chi connectivity index (χ3n) is 1.90. The second-order valence-electron chi connectivity index (χ2n) is 3.83. The van der Waals surface area contributed by atoms with E-state index in [0.29, 0.717) is 11.4 Å². The van der Waals surface area contributed by atoms with Gasteiger partial charge >= 0.3 is 5.97 Å². The number of aromatic nitrogens is 1. The van der Waals surface area contributed by atoms with Crippen LogP contribution in [0.3, 0.4) is 0 Å². The van der Waals surface area contributed by atoms with Gasteiger partial charge in [0.25, 0.3) is 0 Å². The van der Waals surface area contributed by atoms with Crippen LogP contribution in [-0.4, -0.2) is 47.5 Å². The molecule has 1 aromatic heterocycles. The molecule has 16 heavy (non-hydrogen) atoms. The highest BCUT2D eigenvalue weighted by Gasteiger charge is 2.15. The van der Waals surface area contributed by atoms with E-state index in [1.165, 1.54) is 0 Å². The Balaban J connectivity index is 2.80. The van der Waals surface area contributed by atoms with Crippen molar-refractivity contribution in [3.05, 3.63) is 17.5 Å². The van der Waals surface area contributed by atoms with Crippen molar-refractivity contribution in [2.75, 3.05) is 26.0 Å². The number of carbonyl (C=O) groups is 2. The van der Waals surface area contributed by atoms with E-state index < -0.39 is 5.97 Å². The van der Waals surface area contributed by atoms with Gasteiger partial charge in [-0.2, -0.15) is 0 Å². The molecule has 1 rings (SSSR count). The molecule has 6 heteroatoms. The number of carboxylic acids is 1. The van der Waals surface area contributed by atoms with Gasteiger partial charge in [-0.05, 0) is 27.1 Å². The van der Waals surface area contributed by atoms with Gasteiger partial charge in [0, 0.05) is 5.69 Å². The van der Waals surface area contributed by atoms with E-state index in [2.05, 4.69) is 10.3 Å². The van der Waals surface area contributed by atoms with Crippen LogP contribution in [0.15, 0.2) is 6.07 Å². The molecule has 0 aromatic carbocycles. The van der Waals surface area contributed by atoms with Crippen molar-refractivity contribution >= 4 is 17.6 Å². The Morgan fingerprint density at radius 2 is 2.12 bits per heavy atom. The Labute approximate surface area is 93.3 Å². The summed E-state index contributed by atoms with van der Waals surface area (Å²) in [5.74, 6) is -1.33. The van der Waals surface area contributed by atoms with Crippen molar-refractivity contribution < 1.29 is 14.7 Å². The first-order valence-electron chi connectivity index (χ1n) is 4.77. The summed E-state index contributed by atoms with van der Waals surface area (Å²) < 4.78 is 0. The van der Waals surface area contributed by atoms with E-state index in [0.717, 1.165) is 0 Å². The summed E-state index contributed by atoms with van der Waals surface area (Å²) in [6.45, 7) is 1.94. The number of aromatic carboxylic acids is 1. The zero-order valence-corrected chi connectivity index (χ0v) is 9.50. The molecule has 0 fully saturated rings. The Morgan fingerprint density at radius 3 is 2.62 bits per heavy atom. The molecule has 1 aromatic rings. The van der Waals surface area contributed by atoms with Gasteiger partial charge in [-0.15, -0.1) is 0 Å². The number of nitrogens with one attached hydrogen (secondary N) is 2. The second kappa shape index (κ2) is 4.80. The summed E-state index contributed by atoms with van der Waals surface area (Å²) in [7, 11) is 3.53. The highest BCUT2D eigenvalue weighted by Crippen LogP contribution is 2.16. The zero-order valence-electron chi connectivity index (χ0n) is 9.50. The number of likely N-dealkylation sites (N-methyl/N-ethyl adjacent to an activating group) is 1. The SMILES string of the molecule is Cc1cc(NC(=O)CN(C)C)c(C(=O)O)[nH]1. The van der Waals surface area contributed by atoms with E-state index in [9.17, 15) is 9.59 Å². The fraction of sp³-hybridized carbons (Fsp3) is 0.400. The number of carboxylic acid groups (broad SMARTS) is 1. The summed E-state index contributed by atoms with van der Waals surface area (Å²) in [5.41, 5.74) is 0.999. The van der Waals surface area contributed by atoms with Crippen LogP contribution in [0.4, 0.5) is 5.69 Å². The summed E-state index contributed by atoms with van der Waals surface area (Å²) in [5, 5.41) is 11.4. The largest absolute Gasteiger partial charge is 0.477 e. The molecule has 0 aliphatic rings. The van der Waals surface area contributed by atoms with Crippen LogP contribution in [0.1, 0.15) is 16.2 Å². The fourth-order valence-electron chi connectivity index (χ4n) is 1.33. The van der Waals surface area contributed by atoms with Gasteiger partial charge < -0.3 is 20.3 Å². The normalized spacial score (nSPS) is 10.5. The molecule has 0 saturated carbocycles. The molecule has 0 spiro atoms. The topological polar surface area (TPSA) is 85.4 Å². The number of carbonyl (C=O) groups excluding carboxylic acids is 1. The van der Waals surface area contributed by atoms with Gasteiger partial charge in [-0.25, -0.2) is 4.79 Å². The summed E-state index contributed by atoms with van der Waals surface area (Å²) >= 11 is 0. The molecular formula is C10H15N3O3. The van der Waals surface area contributed by atoms with Crippen molar-refractivity contribution in [2.24, 2.45) is 0 Å². The van der Waals surface area contributed by atoms with Gasteiger partial charge in [0.05, 0.1) is 12.2 Å². The molecule has 0 bridgehead atoms. The van der Waals surface area contributed by atoms with Crippen molar-refractivity contribution in [2.45, 2.75) is 6.92 Å². The third kappa shape index (κ3) is 3.09. The Bertz CT molecular complexity index is 409. The van der Waals surface area contributed by atoms with Crippen molar-refractivity contribution in [3.8, 4) is 0 Å². The maximum Gasteiger partial charge on any atom is 0.354 e. The average molecular weight is 225 g/mol. The molecule has 88 valence electrons. The zero-order chi connectivity index (χ0) is 12.3. The van der Waals surface area contributed by atoms with Crippen LogP contribution in [0.5, 0.6) is 0 Å². The summed E-state index contributed by atoms with van der Waals surface area (Å²) in [4.78, 5) is 26.7. The first-order chi connectivity index (χ1) is 7.40. The third-order valence-corrected chi connectivity index (χ3v) is 1.90. The standard InChI is InChI=1S/C10H15N3O3/c1-6-4-7(9(11-6)10(15)16)12-8(14)5-13(2)3/h4,11H,5H2,1-3H3,(H,12,14)(H,15,16). The molecule has 0 aliphatic carbocycles. The van der Waals surface area contributed by atoms with Crippen molar-refractivity contribution in [1.82, 2.24) is 9.88 Å². The van der Waals surface area contributed by atoms with E-state index >= 15 is 0 Å². The number of hydrogen-bond donors (Lipinski definition) is 3. The van der Waals surface area contributed by atoms with Crippen molar-refractivity contribution in [1.29, 1.82) is 0 Å².